The minimum atomic E-state index is -2.10. The highest BCUT2D eigenvalue weighted by molar-refractivity contribution is 7.79. The number of ether oxygens (including phenoxy) is 1. The van der Waals surface area contributed by atoms with E-state index in [9.17, 15) is 13.4 Å². The number of benzene rings is 2. The zero-order valence-corrected chi connectivity index (χ0v) is 17.4. The van der Waals surface area contributed by atoms with Crippen LogP contribution in [-0.2, 0) is 22.4 Å². The lowest BCUT2D eigenvalue weighted by molar-refractivity contribution is -0.118. The monoisotopic (exact) mass is 440 g/mol. The molecule has 0 aliphatic heterocycles. The van der Waals surface area contributed by atoms with E-state index in [4.69, 9.17) is 20.9 Å². The van der Waals surface area contributed by atoms with E-state index < -0.39 is 16.9 Å². The smallest absolute Gasteiger partial charge is 0.228 e. The van der Waals surface area contributed by atoms with Crippen molar-refractivity contribution in [2.24, 2.45) is 0 Å². The molecule has 2 N–H and O–H groups in total. The van der Waals surface area contributed by atoms with Gasteiger partial charge in [-0.25, -0.2) is 8.60 Å². The minimum Gasteiger partial charge on any atom is -0.497 e. The Kier molecular flexibility index (Phi) is 7.10. The molecule has 1 aliphatic carbocycles. The van der Waals surface area contributed by atoms with Gasteiger partial charge in [0.2, 0.25) is 5.91 Å². The van der Waals surface area contributed by atoms with E-state index in [2.05, 4.69) is 5.32 Å². The van der Waals surface area contributed by atoms with Crippen LogP contribution < -0.4 is 15.0 Å². The van der Waals surface area contributed by atoms with Crippen molar-refractivity contribution in [3.8, 4) is 5.75 Å². The first-order valence-corrected chi connectivity index (χ1v) is 10.8. The van der Waals surface area contributed by atoms with E-state index in [1.54, 1.807) is 19.2 Å². The standard InChI is InChI=1S/C20H22ClFN2O4S/c1-28-16-6-2-13(3-7-16)12-24(19(25)8-9-29(26)27)20-17(21)10-14(22)11-18(20)23-15-4-5-15/h2-3,6-7,10-11,15,23H,4-5,8-9,12H2,1H3,(H,26,27). The second kappa shape index (κ2) is 9.56. The highest BCUT2D eigenvalue weighted by atomic mass is 35.5. The number of carbonyl (C=O) groups excluding carboxylic acids is 1. The van der Waals surface area contributed by atoms with Crippen LogP contribution in [0, 0.1) is 5.82 Å². The topological polar surface area (TPSA) is 78.9 Å². The fraction of sp³-hybridized carbons (Fsp3) is 0.350. The lowest BCUT2D eigenvalue weighted by atomic mass is 10.1. The number of methoxy groups -OCH3 is 1. The van der Waals surface area contributed by atoms with E-state index in [1.807, 2.05) is 12.1 Å². The van der Waals surface area contributed by atoms with E-state index in [0.717, 1.165) is 24.5 Å². The fourth-order valence-electron chi connectivity index (χ4n) is 2.91. The molecule has 1 aliphatic rings. The van der Waals surface area contributed by atoms with Crippen LogP contribution in [0.2, 0.25) is 5.02 Å². The van der Waals surface area contributed by atoms with Gasteiger partial charge in [0.15, 0.2) is 11.1 Å². The van der Waals surface area contributed by atoms with E-state index >= 15 is 0 Å². The lowest BCUT2D eigenvalue weighted by Gasteiger charge is -2.27. The first kappa shape index (κ1) is 21.5. The molecular weight excluding hydrogens is 419 g/mol. The Balaban J connectivity index is 1.97. The molecule has 1 atom stereocenters. The third-order valence-corrected chi connectivity index (χ3v) is 5.37. The summed E-state index contributed by atoms with van der Waals surface area (Å²) in [4.78, 5) is 14.4. The van der Waals surface area contributed by atoms with Crippen molar-refractivity contribution in [3.05, 3.63) is 52.8 Å². The van der Waals surface area contributed by atoms with Crippen molar-refractivity contribution < 1.29 is 22.7 Å². The first-order chi connectivity index (χ1) is 13.9. The second-order valence-electron chi connectivity index (χ2n) is 6.81. The van der Waals surface area contributed by atoms with Crippen LogP contribution >= 0.6 is 11.6 Å². The molecule has 0 radical (unpaired) electrons. The summed E-state index contributed by atoms with van der Waals surface area (Å²) in [5.74, 6) is -0.397. The summed E-state index contributed by atoms with van der Waals surface area (Å²) < 4.78 is 39.3. The molecule has 6 nitrogen and oxygen atoms in total. The Labute approximate surface area is 176 Å². The molecule has 0 bridgehead atoms. The molecule has 1 unspecified atom stereocenters. The van der Waals surface area contributed by atoms with E-state index in [0.29, 0.717) is 17.1 Å². The van der Waals surface area contributed by atoms with Crippen LogP contribution in [0.4, 0.5) is 15.8 Å². The average molecular weight is 441 g/mol. The Bertz CT molecular complexity index is 906. The zero-order chi connectivity index (χ0) is 21.0. The fourth-order valence-corrected chi connectivity index (χ4v) is 3.57. The highest BCUT2D eigenvalue weighted by Gasteiger charge is 2.27. The van der Waals surface area contributed by atoms with Crippen LogP contribution in [0.3, 0.4) is 0 Å². The molecule has 2 aromatic rings. The van der Waals surface area contributed by atoms with Crippen molar-refractivity contribution in [1.29, 1.82) is 0 Å². The third kappa shape index (κ3) is 5.91. The van der Waals surface area contributed by atoms with Gasteiger partial charge in [-0.05, 0) is 42.7 Å². The van der Waals surface area contributed by atoms with Gasteiger partial charge in [-0.3, -0.25) is 4.79 Å². The van der Waals surface area contributed by atoms with Gasteiger partial charge in [0, 0.05) is 12.5 Å². The van der Waals surface area contributed by atoms with Gasteiger partial charge in [0.1, 0.15) is 11.6 Å². The molecule has 1 fully saturated rings. The quantitative estimate of drug-likeness (QED) is 0.571. The van der Waals surface area contributed by atoms with Crippen LogP contribution in [0.25, 0.3) is 0 Å². The van der Waals surface area contributed by atoms with Crippen LogP contribution in [0.5, 0.6) is 5.75 Å². The predicted molar refractivity (Wildman–Crippen MR) is 112 cm³/mol. The Hall–Kier alpha value is -2.16. The number of halogens is 2. The van der Waals surface area contributed by atoms with Crippen molar-refractivity contribution in [3.63, 3.8) is 0 Å². The number of anilines is 2. The number of carbonyl (C=O) groups is 1. The van der Waals surface area contributed by atoms with Gasteiger partial charge in [0.25, 0.3) is 0 Å². The van der Waals surface area contributed by atoms with Gasteiger partial charge in [-0.15, -0.1) is 0 Å². The summed E-state index contributed by atoms with van der Waals surface area (Å²) in [6, 6.07) is 9.87. The zero-order valence-electron chi connectivity index (χ0n) is 15.9. The molecular formula is C20H22ClFN2O4S. The van der Waals surface area contributed by atoms with Crippen molar-refractivity contribution in [2.45, 2.75) is 31.8 Å². The molecule has 1 amide bonds. The maximum atomic E-state index is 14.0. The molecule has 0 aromatic heterocycles. The Morgan fingerprint density at radius 1 is 1.34 bits per heavy atom. The summed E-state index contributed by atoms with van der Waals surface area (Å²) in [7, 11) is 1.56. The molecule has 0 saturated heterocycles. The molecule has 29 heavy (non-hydrogen) atoms. The van der Waals surface area contributed by atoms with Gasteiger partial charge in [0.05, 0.1) is 35.8 Å². The van der Waals surface area contributed by atoms with E-state index in [-0.39, 0.29) is 35.7 Å². The molecule has 3 rings (SSSR count). The highest BCUT2D eigenvalue weighted by Crippen LogP contribution is 2.39. The summed E-state index contributed by atoms with van der Waals surface area (Å²) >= 11 is 4.25. The summed E-state index contributed by atoms with van der Waals surface area (Å²) in [6.07, 6.45) is 1.78. The molecule has 0 spiro atoms. The maximum Gasteiger partial charge on any atom is 0.228 e. The molecule has 0 heterocycles. The number of rotatable bonds is 9. The maximum absolute atomic E-state index is 14.0. The number of amides is 1. The summed E-state index contributed by atoms with van der Waals surface area (Å²) in [6.45, 7) is 0.172. The first-order valence-electron chi connectivity index (χ1n) is 9.13. The molecule has 2 aromatic carbocycles. The molecule has 1 saturated carbocycles. The molecule has 156 valence electrons. The number of hydrogen-bond acceptors (Lipinski definition) is 4. The van der Waals surface area contributed by atoms with Crippen molar-refractivity contribution in [1.82, 2.24) is 0 Å². The largest absolute Gasteiger partial charge is 0.497 e. The van der Waals surface area contributed by atoms with E-state index in [1.165, 1.54) is 11.0 Å². The molecule has 9 heteroatoms. The Morgan fingerprint density at radius 2 is 2.03 bits per heavy atom. The van der Waals surface area contributed by atoms with Crippen LogP contribution in [0.15, 0.2) is 36.4 Å². The Morgan fingerprint density at radius 3 is 2.62 bits per heavy atom. The minimum absolute atomic E-state index is 0.0973. The van der Waals surface area contributed by atoms with Gasteiger partial charge >= 0.3 is 0 Å². The summed E-state index contributed by atoms with van der Waals surface area (Å²) in [5.41, 5.74) is 1.61. The summed E-state index contributed by atoms with van der Waals surface area (Å²) in [5, 5.41) is 3.32. The third-order valence-electron chi connectivity index (χ3n) is 4.53. The van der Waals surface area contributed by atoms with Crippen LogP contribution in [0.1, 0.15) is 24.8 Å². The number of nitrogens with one attached hydrogen (secondary N) is 1. The number of hydrogen-bond donors (Lipinski definition) is 2. The normalized spacial score (nSPS) is 14.3. The van der Waals surface area contributed by atoms with Gasteiger partial charge in [-0.2, -0.15) is 0 Å². The van der Waals surface area contributed by atoms with Gasteiger partial charge in [-0.1, -0.05) is 23.7 Å². The van der Waals surface area contributed by atoms with Crippen molar-refractivity contribution in [2.75, 3.05) is 23.1 Å². The lowest BCUT2D eigenvalue weighted by Crippen LogP contribution is -2.32. The van der Waals surface area contributed by atoms with Gasteiger partial charge < -0.3 is 19.5 Å². The second-order valence-corrected chi connectivity index (χ2v) is 8.26. The van der Waals surface area contributed by atoms with Crippen molar-refractivity contribution >= 4 is 40.0 Å². The van der Waals surface area contributed by atoms with Crippen LogP contribution in [-0.4, -0.2) is 33.6 Å². The average Bonchev–Trinajstić information content (AvgIpc) is 3.49. The predicted octanol–water partition coefficient (Wildman–Crippen LogP) is 4.21. The SMILES string of the molecule is COc1ccc(CN(C(=O)CCS(=O)O)c2c(Cl)cc(F)cc2NC2CC2)cc1. The number of nitrogens with zero attached hydrogens (tertiary/aromatic N) is 1.